The van der Waals surface area contributed by atoms with Gasteiger partial charge in [-0.1, -0.05) is 6.07 Å². The summed E-state index contributed by atoms with van der Waals surface area (Å²) in [5.74, 6) is -0.269. The third-order valence-corrected chi connectivity index (χ3v) is 2.31. The first-order chi connectivity index (χ1) is 8.63. The SMILES string of the molecule is CNCc1ccc(OCC(C)(C)O)c(C(F)(F)F)c1. The molecule has 0 atom stereocenters. The first kappa shape index (κ1) is 15.8. The van der Waals surface area contributed by atoms with Crippen molar-refractivity contribution in [2.24, 2.45) is 0 Å². The number of hydrogen-bond acceptors (Lipinski definition) is 3. The van der Waals surface area contributed by atoms with E-state index in [0.29, 0.717) is 12.1 Å². The average molecular weight is 277 g/mol. The van der Waals surface area contributed by atoms with Crippen molar-refractivity contribution in [3.05, 3.63) is 29.3 Å². The molecule has 0 aliphatic heterocycles. The molecule has 1 rings (SSSR count). The zero-order valence-electron chi connectivity index (χ0n) is 11.1. The fourth-order valence-electron chi connectivity index (χ4n) is 1.49. The van der Waals surface area contributed by atoms with Crippen molar-refractivity contribution in [2.45, 2.75) is 32.2 Å². The van der Waals surface area contributed by atoms with Gasteiger partial charge in [0.1, 0.15) is 12.4 Å². The highest BCUT2D eigenvalue weighted by molar-refractivity contribution is 5.39. The minimum atomic E-state index is -4.49. The fourth-order valence-corrected chi connectivity index (χ4v) is 1.49. The summed E-state index contributed by atoms with van der Waals surface area (Å²) in [6, 6.07) is 3.89. The van der Waals surface area contributed by atoms with E-state index in [4.69, 9.17) is 4.74 Å². The number of aliphatic hydroxyl groups is 1. The summed E-state index contributed by atoms with van der Waals surface area (Å²) in [7, 11) is 1.66. The van der Waals surface area contributed by atoms with Gasteiger partial charge in [0.25, 0.3) is 0 Å². The normalized spacial score (nSPS) is 12.6. The van der Waals surface area contributed by atoms with Gasteiger partial charge >= 0.3 is 6.18 Å². The van der Waals surface area contributed by atoms with Crippen molar-refractivity contribution in [3.63, 3.8) is 0 Å². The Hall–Kier alpha value is -1.27. The lowest BCUT2D eigenvalue weighted by molar-refractivity contribution is -0.139. The van der Waals surface area contributed by atoms with Gasteiger partial charge in [-0.2, -0.15) is 13.2 Å². The van der Waals surface area contributed by atoms with Crippen LogP contribution < -0.4 is 10.1 Å². The Morgan fingerprint density at radius 1 is 1.26 bits per heavy atom. The van der Waals surface area contributed by atoms with Crippen molar-refractivity contribution in [2.75, 3.05) is 13.7 Å². The number of nitrogens with one attached hydrogen (secondary N) is 1. The second kappa shape index (κ2) is 5.79. The Bertz CT molecular complexity index is 425. The molecule has 3 nitrogen and oxygen atoms in total. The number of rotatable bonds is 5. The van der Waals surface area contributed by atoms with Gasteiger partial charge in [0.15, 0.2) is 0 Å². The van der Waals surface area contributed by atoms with Crippen molar-refractivity contribution >= 4 is 0 Å². The minimum Gasteiger partial charge on any atom is -0.490 e. The second-order valence-electron chi connectivity index (χ2n) is 4.96. The van der Waals surface area contributed by atoms with Crippen LogP contribution in [-0.4, -0.2) is 24.4 Å². The van der Waals surface area contributed by atoms with Crippen LogP contribution in [0.2, 0.25) is 0 Å². The van der Waals surface area contributed by atoms with E-state index < -0.39 is 17.3 Å². The molecule has 0 aromatic heterocycles. The Kier molecular flexibility index (Phi) is 4.81. The highest BCUT2D eigenvalue weighted by Crippen LogP contribution is 2.37. The van der Waals surface area contributed by atoms with Crippen LogP contribution >= 0.6 is 0 Å². The van der Waals surface area contributed by atoms with Gasteiger partial charge in [-0.3, -0.25) is 0 Å². The predicted molar refractivity (Wildman–Crippen MR) is 66.0 cm³/mol. The summed E-state index contributed by atoms with van der Waals surface area (Å²) < 4.78 is 43.8. The Labute approximate surface area is 110 Å². The van der Waals surface area contributed by atoms with Crippen LogP contribution in [0.1, 0.15) is 25.0 Å². The van der Waals surface area contributed by atoms with Crippen molar-refractivity contribution in [1.29, 1.82) is 0 Å². The molecule has 0 bridgehead atoms. The van der Waals surface area contributed by atoms with Crippen molar-refractivity contribution in [1.82, 2.24) is 5.32 Å². The standard InChI is InChI=1S/C13H18F3NO2/c1-12(2,18)8-19-11-5-4-9(7-17-3)6-10(11)13(14,15)16/h4-6,17-18H,7-8H2,1-3H3. The largest absolute Gasteiger partial charge is 0.490 e. The number of benzene rings is 1. The van der Waals surface area contributed by atoms with E-state index in [1.54, 1.807) is 13.1 Å². The number of hydrogen-bond donors (Lipinski definition) is 2. The predicted octanol–water partition coefficient (Wildman–Crippen LogP) is 2.57. The van der Waals surface area contributed by atoms with Gasteiger partial charge in [0, 0.05) is 6.54 Å². The molecule has 0 saturated carbocycles. The third kappa shape index (κ3) is 5.08. The number of halogens is 3. The maximum Gasteiger partial charge on any atom is 0.419 e. The molecule has 1 aromatic rings. The molecule has 0 aliphatic carbocycles. The number of ether oxygens (including phenoxy) is 1. The Balaban J connectivity index is 3.03. The van der Waals surface area contributed by atoms with Crippen LogP contribution in [0.4, 0.5) is 13.2 Å². The van der Waals surface area contributed by atoms with Gasteiger partial charge in [-0.25, -0.2) is 0 Å². The molecule has 108 valence electrons. The van der Waals surface area contributed by atoms with E-state index in [9.17, 15) is 18.3 Å². The molecule has 19 heavy (non-hydrogen) atoms. The van der Waals surface area contributed by atoms with Crippen molar-refractivity contribution in [3.8, 4) is 5.75 Å². The summed E-state index contributed by atoms with van der Waals surface area (Å²) in [5.41, 5.74) is -1.50. The van der Waals surface area contributed by atoms with Crippen LogP contribution in [0.5, 0.6) is 5.75 Å². The van der Waals surface area contributed by atoms with Gasteiger partial charge in [0.05, 0.1) is 11.2 Å². The van der Waals surface area contributed by atoms with Crippen molar-refractivity contribution < 1.29 is 23.0 Å². The highest BCUT2D eigenvalue weighted by Gasteiger charge is 2.35. The van der Waals surface area contributed by atoms with E-state index in [0.717, 1.165) is 6.07 Å². The van der Waals surface area contributed by atoms with Crippen LogP contribution in [0.15, 0.2) is 18.2 Å². The summed E-state index contributed by atoms with van der Waals surface area (Å²) in [6.07, 6.45) is -4.49. The first-order valence-corrected chi connectivity index (χ1v) is 5.83. The molecule has 2 N–H and O–H groups in total. The molecule has 0 unspecified atom stereocenters. The molecule has 0 radical (unpaired) electrons. The molecule has 6 heteroatoms. The van der Waals surface area contributed by atoms with Crippen LogP contribution in [0.25, 0.3) is 0 Å². The quantitative estimate of drug-likeness (QED) is 0.869. The zero-order valence-corrected chi connectivity index (χ0v) is 11.1. The summed E-state index contributed by atoms with van der Waals surface area (Å²) in [4.78, 5) is 0. The molecule has 0 aliphatic rings. The summed E-state index contributed by atoms with van der Waals surface area (Å²) in [5, 5.41) is 12.3. The molecule has 0 saturated heterocycles. The van der Waals surface area contributed by atoms with Gasteiger partial charge in [-0.05, 0) is 38.6 Å². The molecule has 0 fully saturated rings. The average Bonchev–Trinajstić information content (AvgIpc) is 2.25. The maximum absolute atomic E-state index is 12.9. The van der Waals surface area contributed by atoms with Crippen LogP contribution in [0.3, 0.4) is 0 Å². The van der Waals surface area contributed by atoms with Gasteiger partial charge in [-0.15, -0.1) is 0 Å². The molecule has 0 heterocycles. The van der Waals surface area contributed by atoms with Gasteiger partial charge < -0.3 is 15.2 Å². The van der Waals surface area contributed by atoms with E-state index in [-0.39, 0.29) is 12.4 Å². The van der Waals surface area contributed by atoms with E-state index in [1.807, 2.05) is 0 Å². The third-order valence-electron chi connectivity index (χ3n) is 2.31. The number of alkyl halides is 3. The molecular formula is C13H18F3NO2. The highest BCUT2D eigenvalue weighted by atomic mass is 19.4. The first-order valence-electron chi connectivity index (χ1n) is 5.83. The smallest absolute Gasteiger partial charge is 0.419 e. The maximum atomic E-state index is 12.9. The van der Waals surface area contributed by atoms with E-state index in [2.05, 4.69) is 5.32 Å². The van der Waals surface area contributed by atoms with Crippen LogP contribution in [0, 0.1) is 0 Å². The summed E-state index contributed by atoms with van der Waals surface area (Å²) in [6.45, 7) is 3.07. The van der Waals surface area contributed by atoms with Gasteiger partial charge in [0.2, 0.25) is 0 Å². The molecular weight excluding hydrogens is 259 g/mol. The summed E-state index contributed by atoms with van der Waals surface area (Å²) >= 11 is 0. The van der Waals surface area contributed by atoms with E-state index >= 15 is 0 Å². The monoisotopic (exact) mass is 277 g/mol. The molecule has 1 aromatic carbocycles. The zero-order chi connectivity index (χ0) is 14.7. The Morgan fingerprint density at radius 3 is 2.37 bits per heavy atom. The fraction of sp³-hybridized carbons (Fsp3) is 0.538. The topological polar surface area (TPSA) is 41.5 Å². The second-order valence-corrected chi connectivity index (χ2v) is 4.96. The van der Waals surface area contributed by atoms with Crippen LogP contribution in [-0.2, 0) is 12.7 Å². The molecule has 0 spiro atoms. The lowest BCUT2D eigenvalue weighted by Gasteiger charge is -2.20. The molecule has 0 amide bonds. The van der Waals surface area contributed by atoms with E-state index in [1.165, 1.54) is 19.9 Å². The minimum absolute atomic E-state index is 0.207. The lowest BCUT2D eigenvalue weighted by atomic mass is 10.1. The Morgan fingerprint density at radius 2 is 1.89 bits per heavy atom. The lowest BCUT2D eigenvalue weighted by Crippen LogP contribution is -2.28.